The third-order valence-electron chi connectivity index (χ3n) is 7.42. The van der Waals surface area contributed by atoms with Crippen LogP contribution in [0.15, 0.2) is 83.8 Å². The molecule has 1 atom stereocenters. The second-order valence-corrected chi connectivity index (χ2v) is 12.0. The van der Waals surface area contributed by atoms with Crippen molar-refractivity contribution in [3.8, 4) is 5.75 Å². The minimum Gasteiger partial charge on any atom is -0.497 e. The van der Waals surface area contributed by atoms with Crippen molar-refractivity contribution in [2.45, 2.75) is 63.1 Å². The summed E-state index contributed by atoms with van der Waals surface area (Å²) in [6.07, 6.45) is 3.97. The van der Waals surface area contributed by atoms with E-state index in [1.54, 1.807) is 49.4 Å². The van der Waals surface area contributed by atoms with E-state index >= 15 is 0 Å². The molecule has 1 aliphatic carbocycles. The fourth-order valence-corrected chi connectivity index (χ4v) is 6.39. The van der Waals surface area contributed by atoms with Crippen LogP contribution in [0, 0.1) is 6.92 Å². The molecule has 1 aliphatic rings. The van der Waals surface area contributed by atoms with Crippen LogP contribution in [0.3, 0.4) is 0 Å². The van der Waals surface area contributed by atoms with Crippen LogP contribution in [-0.2, 0) is 26.2 Å². The number of benzene rings is 3. The minimum atomic E-state index is -4.12. The lowest BCUT2D eigenvalue weighted by atomic mass is 10.1. The van der Waals surface area contributed by atoms with Crippen molar-refractivity contribution < 1.29 is 22.7 Å². The molecule has 4 rings (SSSR count). The first-order valence-corrected chi connectivity index (χ1v) is 15.0. The van der Waals surface area contributed by atoms with E-state index in [9.17, 15) is 18.0 Å². The van der Waals surface area contributed by atoms with E-state index in [1.165, 1.54) is 24.1 Å². The number of hydrogen-bond acceptors (Lipinski definition) is 5. The molecule has 8 nitrogen and oxygen atoms in total. The van der Waals surface area contributed by atoms with Crippen LogP contribution >= 0.6 is 0 Å². The number of ether oxygens (including phenoxy) is 1. The Bertz CT molecular complexity index is 1420. The van der Waals surface area contributed by atoms with Crippen LogP contribution in [0.5, 0.6) is 5.75 Å². The van der Waals surface area contributed by atoms with Crippen LogP contribution < -0.4 is 14.4 Å². The zero-order valence-corrected chi connectivity index (χ0v) is 24.1. The number of aryl methyl sites for hydroxylation is 1. The summed E-state index contributed by atoms with van der Waals surface area (Å²) in [4.78, 5) is 28.9. The topological polar surface area (TPSA) is 96.0 Å². The fraction of sp³-hybridized carbons (Fsp3) is 0.355. The van der Waals surface area contributed by atoms with Gasteiger partial charge in [-0.2, -0.15) is 0 Å². The molecule has 0 aromatic heterocycles. The van der Waals surface area contributed by atoms with Crippen molar-refractivity contribution in [2.75, 3.05) is 18.0 Å². The van der Waals surface area contributed by atoms with E-state index in [0.717, 1.165) is 41.1 Å². The number of methoxy groups -OCH3 is 1. The summed E-state index contributed by atoms with van der Waals surface area (Å²) in [5, 5.41) is 3.09. The van der Waals surface area contributed by atoms with Gasteiger partial charge in [0.15, 0.2) is 0 Å². The van der Waals surface area contributed by atoms with Gasteiger partial charge in [0.1, 0.15) is 18.3 Å². The van der Waals surface area contributed by atoms with Gasteiger partial charge in [-0.05, 0) is 62.1 Å². The first-order chi connectivity index (χ1) is 19.2. The van der Waals surface area contributed by atoms with E-state index in [4.69, 9.17) is 4.74 Å². The van der Waals surface area contributed by atoms with Crippen molar-refractivity contribution in [1.82, 2.24) is 10.2 Å². The molecule has 0 unspecified atom stereocenters. The second-order valence-electron chi connectivity index (χ2n) is 10.1. The Hall–Kier alpha value is -3.85. The molecule has 0 spiro atoms. The first-order valence-electron chi connectivity index (χ1n) is 13.6. The summed E-state index contributed by atoms with van der Waals surface area (Å²) < 4.78 is 34.2. The fourth-order valence-electron chi connectivity index (χ4n) is 4.96. The molecule has 212 valence electrons. The maximum absolute atomic E-state index is 14.1. The molecule has 0 aliphatic heterocycles. The molecule has 0 saturated heterocycles. The predicted octanol–water partition coefficient (Wildman–Crippen LogP) is 4.68. The molecule has 0 radical (unpaired) electrons. The molecule has 40 heavy (non-hydrogen) atoms. The second kappa shape index (κ2) is 13.0. The largest absolute Gasteiger partial charge is 0.497 e. The molecule has 2 amide bonds. The van der Waals surface area contributed by atoms with Crippen molar-refractivity contribution in [3.05, 3.63) is 90.0 Å². The van der Waals surface area contributed by atoms with Crippen molar-refractivity contribution in [1.29, 1.82) is 0 Å². The quantitative estimate of drug-likeness (QED) is 0.366. The summed E-state index contributed by atoms with van der Waals surface area (Å²) in [6, 6.07) is 21.5. The van der Waals surface area contributed by atoms with Crippen LogP contribution in [0.25, 0.3) is 0 Å². The molecule has 3 aromatic rings. The smallest absolute Gasteiger partial charge is 0.264 e. The Balaban J connectivity index is 1.70. The lowest BCUT2D eigenvalue weighted by Gasteiger charge is -2.33. The van der Waals surface area contributed by atoms with Crippen LogP contribution in [0.2, 0.25) is 0 Å². The maximum atomic E-state index is 14.1. The number of carbonyl (C=O) groups excluding carboxylic acids is 2. The van der Waals surface area contributed by atoms with Gasteiger partial charge < -0.3 is 15.0 Å². The molecule has 9 heteroatoms. The molecular formula is C31H37N3O5S. The van der Waals surface area contributed by atoms with Crippen molar-refractivity contribution in [3.63, 3.8) is 0 Å². The maximum Gasteiger partial charge on any atom is 0.264 e. The van der Waals surface area contributed by atoms with E-state index in [2.05, 4.69) is 5.32 Å². The van der Waals surface area contributed by atoms with Gasteiger partial charge in [-0.1, -0.05) is 61.4 Å². The molecule has 0 bridgehead atoms. The van der Waals surface area contributed by atoms with Gasteiger partial charge in [-0.3, -0.25) is 13.9 Å². The van der Waals surface area contributed by atoms with Gasteiger partial charge in [0.25, 0.3) is 10.0 Å². The highest BCUT2D eigenvalue weighted by Crippen LogP contribution is 2.28. The lowest BCUT2D eigenvalue weighted by Crippen LogP contribution is -2.52. The van der Waals surface area contributed by atoms with E-state index in [-0.39, 0.29) is 29.1 Å². The van der Waals surface area contributed by atoms with Gasteiger partial charge >= 0.3 is 0 Å². The highest BCUT2D eigenvalue weighted by atomic mass is 32.2. The average Bonchev–Trinajstić information content (AvgIpc) is 3.48. The normalized spacial score (nSPS) is 14.4. The van der Waals surface area contributed by atoms with E-state index in [0.29, 0.717) is 5.75 Å². The monoisotopic (exact) mass is 563 g/mol. The Morgan fingerprint density at radius 2 is 1.65 bits per heavy atom. The zero-order valence-electron chi connectivity index (χ0n) is 23.2. The standard InChI is InChI=1S/C31H37N3O5S/c1-23-12-7-8-13-25(23)21-33(24(2)31(36)32-26-14-9-10-15-26)30(35)22-34(27-16-11-17-28(20-27)39-3)40(37,38)29-18-5-4-6-19-29/h4-8,11-13,16-20,24,26H,9-10,14-15,21-22H2,1-3H3,(H,32,36)/t24-/m1/s1. The molecule has 1 N–H and O–H groups in total. The van der Waals surface area contributed by atoms with E-state index < -0.39 is 28.5 Å². The average molecular weight is 564 g/mol. The van der Waals surface area contributed by atoms with Gasteiger partial charge in [0, 0.05) is 18.7 Å². The molecule has 3 aromatic carbocycles. The van der Waals surface area contributed by atoms with Crippen LogP contribution in [-0.4, -0.2) is 50.9 Å². The molecular weight excluding hydrogens is 526 g/mol. The number of sulfonamides is 1. The minimum absolute atomic E-state index is 0.0584. The summed E-state index contributed by atoms with van der Waals surface area (Å²) in [7, 11) is -2.63. The SMILES string of the molecule is COc1cccc(N(CC(=O)N(Cc2ccccc2C)[C@H](C)C(=O)NC2CCCC2)S(=O)(=O)c2ccccc2)c1. The van der Waals surface area contributed by atoms with Gasteiger partial charge in [-0.25, -0.2) is 8.42 Å². The van der Waals surface area contributed by atoms with Crippen molar-refractivity contribution in [2.24, 2.45) is 0 Å². The summed E-state index contributed by atoms with van der Waals surface area (Å²) in [5.74, 6) is -0.272. The number of anilines is 1. The summed E-state index contributed by atoms with van der Waals surface area (Å²) in [5.41, 5.74) is 2.15. The van der Waals surface area contributed by atoms with Gasteiger partial charge in [0.2, 0.25) is 11.8 Å². The van der Waals surface area contributed by atoms with Gasteiger partial charge in [0.05, 0.1) is 17.7 Å². The van der Waals surface area contributed by atoms with Crippen LogP contribution in [0.4, 0.5) is 5.69 Å². The third-order valence-corrected chi connectivity index (χ3v) is 9.21. The number of nitrogens with zero attached hydrogens (tertiary/aromatic N) is 2. The number of rotatable bonds is 11. The Morgan fingerprint density at radius 3 is 2.33 bits per heavy atom. The Morgan fingerprint density at radius 1 is 0.975 bits per heavy atom. The highest BCUT2D eigenvalue weighted by molar-refractivity contribution is 7.92. The number of amides is 2. The van der Waals surface area contributed by atoms with Crippen LogP contribution in [0.1, 0.15) is 43.7 Å². The third kappa shape index (κ3) is 6.83. The number of hydrogen-bond donors (Lipinski definition) is 1. The Kier molecular flexibility index (Phi) is 9.47. The molecule has 0 heterocycles. The molecule has 1 fully saturated rings. The molecule has 1 saturated carbocycles. The van der Waals surface area contributed by atoms with Gasteiger partial charge in [-0.15, -0.1) is 0 Å². The number of nitrogens with one attached hydrogen (secondary N) is 1. The summed E-state index contributed by atoms with van der Waals surface area (Å²) in [6.45, 7) is 3.32. The lowest BCUT2D eigenvalue weighted by molar-refractivity contribution is -0.139. The summed E-state index contributed by atoms with van der Waals surface area (Å²) >= 11 is 0. The Labute approximate surface area is 237 Å². The predicted molar refractivity (Wildman–Crippen MR) is 156 cm³/mol. The first kappa shape index (κ1) is 29.1. The van der Waals surface area contributed by atoms with E-state index in [1.807, 2.05) is 31.2 Å². The highest BCUT2D eigenvalue weighted by Gasteiger charge is 2.33. The van der Waals surface area contributed by atoms with Crippen molar-refractivity contribution >= 4 is 27.5 Å². The zero-order chi connectivity index (χ0) is 28.7. The number of carbonyl (C=O) groups is 2.